The van der Waals surface area contributed by atoms with Crippen LogP contribution in [0.25, 0.3) is 17.2 Å². The van der Waals surface area contributed by atoms with Crippen LogP contribution in [0.1, 0.15) is 42.7 Å². The predicted octanol–water partition coefficient (Wildman–Crippen LogP) is 3.36. The molecule has 2 fully saturated rings. The van der Waals surface area contributed by atoms with Crippen molar-refractivity contribution in [3.8, 4) is 23.0 Å². The molecule has 2 aliphatic heterocycles. The number of nitrogens with zero attached hydrogens (tertiary/aromatic N) is 6. The quantitative estimate of drug-likeness (QED) is 0.542. The van der Waals surface area contributed by atoms with E-state index >= 15 is 0 Å². The van der Waals surface area contributed by atoms with Crippen LogP contribution >= 0.6 is 0 Å². The largest absolute Gasteiger partial charge is 0.497 e. The smallest absolute Gasteiger partial charge is 0.257 e. The van der Waals surface area contributed by atoms with E-state index in [1.54, 1.807) is 24.2 Å². The van der Waals surface area contributed by atoms with Crippen molar-refractivity contribution in [1.29, 1.82) is 0 Å². The lowest BCUT2D eigenvalue weighted by Crippen LogP contribution is -2.53. The number of amides is 1. The van der Waals surface area contributed by atoms with Gasteiger partial charge in [0, 0.05) is 44.0 Å². The number of hydrogen-bond donors (Lipinski definition) is 0. The highest BCUT2D eigenvalue weighted by molar-refractivity contribution is 5.95. The third kappa shape index (κ3) is 4.99. The molecule has 4 heterocycles. The fourth-order valence-electron chi connectivity index (χ4n) is 5.34. The molecule has 2 atom stereocenters. The Balaban J connectivity index is 1.28. The molecule has 9 heteroatoms. The molecule has 1 amide bonds. The minimum Gasteiger partial charge on any atom is -0.497 e. The molecule has 0 radical (unpaired) electrons. The number of benzene rings is 1. The van der Waals surface area contributed by atoms with E-state index in [1.807, 2.05) is 42.2 Å². The Morgan fingerprint density at radius 2 is 1.86 bits per heavy atom. The first-order valence-electron chi connectivity index (χ1n) is 12.6. The van der Waals surface area contributed by atoms with E-state index < -0.39 is 0 Å². The Kier molecular flexibility index (Phi) is 7.02. The maximum Gasteiger partial charge on any atom is 0.257 e. The molecule has 3 aromatic rings. The summed E-state index contributed by atoms with van der Waals surface area (Å²) in [6.45, 7) is 9.58. The maximum atomic E-state index is 13.4. The first-order valence-corrected chi connectivity index (χ1v) is 12.6. The second-order valence-corrected chi connectivity index (χ2v) is 9.76. The van der Waals surface area contributed by atoms with Gasteiger partial charge in [0.15, 0.2) is 0 Å². The van der Waals surface area contributed by atoms with Crippen molar-refractivity contribution in [2.75, 3.05) is 33.3 Å². The van der Waals surface area contributed by atoms with Gasteiger partial charge in [-0.1, -0.05) is 12.1 Å². The second kappa shape index (κ2) is 10.4. The lowest BCUT2D eigenvalue weighted by atomic mass is 10.0. The zero-order valence-electron chi connectivity index (χ0n) is 21.4. The van der Waals surface area contributed by atoms with E-state index in [-0.39, 0.29) is 18.1 Å². The summed E-state index contributed by atoms with van der Waals surface area (Å²) in [7, 11) is 1.64. The van der Waals surface area contributed by atoms with Crippen LogP contribution in [-0.2, 0) is 4.74 Å². The fraction of sp³-hybridized carbons (Fsp3) is 0.481. The number of ether oxygens (including phenoxy) is 2. The normalized spacial score (nSPS) is 21.5. The minimum atomic E-state index is 0.0184. The van der Waals surface area contributed by atoms with E-state index in [9.17, 15) is 4.79 Å². The molecular formula is C27H34N6O3. The average molecular weight is 491 g/mol. The number of piperidine rings is 1. The van der Waals surface area contributed by atoms with Gasteiger partial charge in [-0.2, -0.15) is 5.10 Å². The zero-order chi connectivity index (χ0) is 25.2. The summed E-state index contributed by atoms with van der Waals surface area (Å²) in [4.78, 5) is 27.0. The Hall–Kier alpha value is -3.30. The molecule has 0 aliphatic carbocycles. The number of hydrogen-bond acceptors (Lipinski definition) is 7. The van der Waals surface area contributed by atoms with E-state index in [0.29, 0.717) is 17.6 Å². The number of methoxy groups -OCH3 is 1. The van der Waals surface area contributed by atoms with Crippen molar-refractivity contribution >= 4 is 5.91 Å². The van der Waals surface area contributed by atoms with Crippen LogP contribution in [0.3, 0.4) is 0 Å². The number of morpholine rings is 1. The van der Waals surface area contributed by atoms with Crippen molar-refractivity contribution in [3.05, 3.63) is 54.0 Å². The molecular weight excluding hydrogens is 456 g/mol. The van der Waals surface area contributed by atoms with Crippen LogP contribution < -0.4 is 4.74 Å². The summed E-state index contributed by atoms with van der Waals surface area (Å²) < 4.78 is 12.9. The van der Waals surface area contributed by atoms with Gasteiger partial charge in [0.05, 0.1) is 42.5 Å². The van der Waals surface area contributed by atoms with Crippen molar-refractivity contribution in [2.24, 2.45) is 0 Å². The van der Waals surface area contributed by atoms with Crippen LogP contribution in [-0.4, -0.2) is 87.0 Å². The van der Waals surface area contributed by atoms with Crippen molar-refractivity contribution < 1.29 is 14.3 Å². The Morgan fingerprint density at radius 3 is 2.58 bits per heavy atom. The van der Waals surface area contributed by atoms with Crippen molar-refractivity contribution in [3.63, 3.8) is 0 Å². The highest BCUT2D eigenvalue weighted by Crippen LogP contribution is 2.25. The number of rotatable bonds is 5. The van der Waals surface area contributed by atoms with E-state index in [0.717, 1.165) is 61.7 Å². The summed E-state index contributed by atoms with van der Waals surface area (Å²) in [5.74, 6) is 1.21. The molecule has 2 saturated heterocycles. The SMILES string of the molecule is COc1cccc(-c2ccnc(-n3ncc(C(=O)N4CCC(N5C[C@@H](C)O[C@@H](C)C5)CC4)c3C)n2)c1. The molecule has 5 rings (SSSR count). The summed E-state index contributed by atoms with van der Waals surface area (Å²) in [5.41, 5.74) is 3.01. The highest BCUT2D eigenvalue weighted by atomic mass is 16.5. The lowest BCUT2D eigenvalue weighted by Gasteiger charge is -2.43. The molecule has 0 saturated carbocycles. The molecule has 0 spiro atoms. The van der Waals surface area contributed by atoms with Crippen molar-refractivity contribution in [1.82, 2.24) is 29.5 Å². The summed E-state index contributed by atoms with van der Waals surface area (Å²) in [6.07, 6.45) is 5.81. The van der Waals surface area contributed by atoms with Gasteiger partial charge < -0.3 is 14.4 Å². The van der Waals surface area contributed by atoms with Gasteiger partial charge in [0.2, 0.25) is 0 Å². The molecule has 2 aliphatic rings. The van der Waals surface area contributed by atoms with Gasteiger partial charge >= 0.3 is 0 Å². The number of carbonyl (C=O) groups excluding carboxylic acids is 1. The highest BCUT2D eigenvalue weighted by Gasteiger charge is 2.32. The molecule has 1 aromatic carbocycles. The summed E-state index contributed by atoms with van der Waals surface area (Å²) in [5, 5.41) is 4.47. The molecule has 190 valence electrons. The first kappa shape index (κ1) is 24.4. The van der Waals surface area contributed by atoms with E-state index in [1.165, 1.54) is 0 Å². The monoisotopic (exact) mass is 490 g/mol. The third-order valence-electron chi connectivity index (χ3n) is 7.15. The van der Waals surface area contributed by atoms with Crippen LogP contribution in [0.2, 0.25) is 0 Å². The maximum absolute atomic E-state index is 13.4. The summed E-state index contributed by atoms with van der Waals surface area (Å²) >= 11 is 0. The van der Waals surface area contributed by atoms with Gasteiger partial charge in [-0.25, -0.2) is 14.6 Å². The third-order valence-corrected chi connectivity index (χ3v) is 7.15. The van der Waals surface area contributed by atoms with Gasteiger partial charge in [-0.05, 0) is 51.8 Å². The lowest BCUT2D eigenvalue weighted by molar-refractivity contribution is -0.0856. The molecule has 2 aromatic heterocycles. The number of likely N-dealkylation sites (tertiary alicyclic amines) is 1. The Bertz CT molecular complexity index is 1210. The molecule has 0 bridgehead atoms. The summed E-state index contributed by atoms with van der Waals surface area (Å²) in [6, 6.07) is 10.1. The van der Waals surface area contributed by atoms with Crippen LogP contribution in [0, 0.1) is 6.92 Å². The van der Waals surface area contributed by atoms with Gasteiger partial charge in [0.25, 0.3) is 11.9 Å². The molecule has 9 nitrogen and oxygen atoms in total. The van der Waals surface area contributed by atoms with Crippen molar-refractivity contribution in [2.45, 2.75) is 51.9 Å². The second-order valence-electron chi connectivity index (χ2n) is 9.76. The number of carbonyl (C=O) groups is 1. The van der Waals surface area contributed by atoms with E-state index in [2.05, 4.69) is 28.8 Å². The van der Waals surface area contributed by atoms with Crippen LogP contribution in [0.5, 0.6) is 5.75 Å². The zero-order valence-corrected chi connectivity index (χ0v) is 21.4. The molecule has 36 heavy (non-hydrogen) atoms. The van der Waals surface area contributed by atoms with Crippen LogP contribution in [0.4, 0.5) is 0 Å². The molecule has 0 N–H and O–H groups in total. The average Bonchev–Trinajstić information content (AvgIpc) is 3.29. The fourth-order valence-corrected chi connectivity index (χ4v) is 5.34. The standard InChI is InChI=1S/C27H34N6O3/c1-18-16-32(17-19(2)36-18)22-9-12-31(13-10-22)26(34)24-15-29-33(20(24)3)27-28-11-8-25(30-27)21-6-5-7-23(14-21)35-4/h5-8,11,14-15,18-19,22H,9-10,12-13,16-17H2,1-4H3/t18-,19+. The van der Waals surface area contributed by atoms with Gasteiger partial charge in [-0.15, -0.1) is 0 Å². The van der Waals surface area contributed by atoms with Gasteiger partial charge in [0.1, 0.15) is 5.75 Å². The Labute approximate surface area is 212 Å². The topological polar surface area (TPSA) is 85.6 Å². The first-order chi connectivity index (χ1) is 17.4. The predicted molar refractivity (Wildman–Crippen MR) is 136 cm³/mol. The van der Waals surface area contributed by atoms with Crippen LogP contribution in [0.15, 0.2) is 42.7 Å². The van der Waals surface area contributed by atoms with E-state index in [4.69, 9.17) is 14.5 Å². The minimum absolute atomic E-state index is 0.0184. The van der Waals surface area contributed by atoms with Gasteiger partial charge in [-0.3, -0.25) is 9.69 Å². The number of aromatic nitrogens is 4. The Morgan fingerprint density at radius 1 is 1.11 bits per heavy atom. The molecule has 0 unspecified atom stereocenters.